The molecule has 0 spiro atoms. The SMILES string of the molecule is CC.CCCCN.CCNC(=O)c1ccc(-n2c(C)nc3ccccc32)cc1. The molecule has 0 saturated carbocycles. The van der Waals surface area contributed by atoms with Gasteiger partial charge in [-0.05, 0) is 63.2 Å². The van der Waals surface area contributed by atoms with Gasteiger partial charge in [-0.1, -0.05) is 39.3 Å². The zero-order valence-corrected chi connectivity index (χ0v) is 17.8. The maximum absolute atomic E-state index is 11.8. The van der Waals surface area contributed by atoms with E-state index in [0.717, 1.165) is 29.1 Å². The Kier molecular flexibility index (Phi) is 10.6. The maximum atomic E-state index is 11.8. The Morgan fingerprint density at radius 2 is 1.71 bits per heavy atom. The average Bonchev–Trinajstić information content (AvgIpc) is 3.06. The standard InChI is InChI=1S/C17H17N3O.C4H11N.C2H6/c1-3-18-17(21)13-8-10-14(11-9-13)20-12(2)19-15-6-4-5-7-16(15)20;1-2-3-4-5;1-2/h4-11H,3H2,1-2H3,(H,18,21);2-5H2,1H3;1-2H3. The van der Waals surface area contributed by atoms with Crippen LogP contribution in [-0.2, 0) is 0 Å². The molecule has 1 amide bonds. The molecule has 3 aromatic rings. The van der Waals surface area contributed by atoms with Gasteiger partial charge in [-0.25, -0.2) is 4.98 Å². The molecule has 2 aromatic carbocycles. The lowest BCUT2D eigenvalue weighted by Crippen LogP contribution is -2.22. The number of nitrogens with one attached hydrogen (secondary N) is 1. The number of rotatable bonds is 5. The summed E-state index contributed by atoms with van der Waals surface area (Å²) < 4.78 is 2.09. The summed E-state index contributed by atoms with van der Waals surface area (Å²) in [6.07, 6.45) is 2.39. The largest absolute Gasteiger partial charge is 0.352 e. The Balaban J connectivity index is 0.000000490. The van der Waals surface area contributed by atoms with Crippen molar-refractivity contribution in [2.45, 2.75) is 47.5 Å². The van der Waals surface area contributed by atoms with Crippen LogP contribution in [-0.4, -0.2) is 28.5 Å². The second-order valence-corrected chi connectivity index (χ2v) is 6.03. The third-order valence-corrected chi connectivity index (χ3v) is 4.01. The van der Waals surface area contributed by atoms with Crippen LogP contribution in [0.5, 0.6) is 0 Å². The zero-order chi connectivity index (χ0) is 20.9. The lowest BCUT2D eigenvalue weighted by molar-refractivity contribution is 0.0956. The summed E-state index contributed by atoms with van der Waals surface area (Å²) in [5.74, 6) is 0.887. The number of benzene rings is 2. The molecule has 0 aliphatic heterocycles. The second kappa shape index (κ2) is 12.7. The van der Waals surface area contributed by atoms with Gasteiger partial charge in [0.2, 0.25) is 0 Å². The molecule has 0 atom stereocenters. The van der Waals surface area contributed by atoms with E-state index in [1.54, 1.807) is 0 Å². The summed E-state index contributed by atoms with van der Waals surface area (Å²) in [5.41, 5.74) is 8.86. The van der Waals surface area contributed by atoms with Crippen LogP contribution in [0.25, 0.3) is 16.7 Å². The normalized spacial score (nSPS) is 9.79. The minimum Gasteiger partial charge on any atom is -0.352 e. The van der Waals surface area contributed by atoms with E-state index in [0.29, 0.717) is 12.1 Å². The van der Waals surface area contributed by atoms with Crippen LogP contribution in [0.2, 0.25) is 0 Å². The van der Waals surface area contributed by atoms with E-state index in [9.17, 15) is 4.79 Å². The fraction of sp³-hybridized carbons (Fsp3) is 0.391. The number of para-hydroxylation sites is 2. The molecule has 1 aromatic heterocycles. The summed E-state index contributed by atoms with van der Waals surface area (Å²) in [6, 6.07) is 15.6. The Labute approximate surface area is 169 Å². The van der Waals surface area contributed by atoms with Gasteiger partial charge in [0.05, 0.1) is 11.0 Å². The summed E-state index contributed by atoms with van der Waals surface area (Å²) >= 11 is 0. The summed E-state index contributed by atoms with van der Waals surface area (Å²) in [5, 5.41) is 2.80. The molecule has 0 fully saturated rings. The minimum absolute atomic E-state index is 0.0451. The molecule has 0 radical (unpaired) electrons. The molecular formula is C23H34N4O. The molecule has 3 rings (SSSR count). The Bertz CT molecular complexity index is 835. The summed E-state index contributed by atoms with van der Waals surface area (Å²) in [4.78, 5) is 16.4. The first-order chi connectivity index (χ1) is 13.6. The molecule has 0 aliphatic carbocycles. The number of carbonyl (C=O) groups is 1. The van der Waals surface area contributed by atoms with Gasteiger partial charge in [0.15, 0.2) is 0 Å². The lowest BCUT2D eigenvalue weighted by atomic mass is 10.2. The van der Waals surface area contributed by atoms with Crippen molar-refractivity contribution in [2.24, 2.45) is 5.73 Å². The third-order valence-electron chi connectivity index (χ3n) is 4.01. The molecule has 0 unspecified atom stereocenters. The van der Waals surface area contributed by atoms with Gasteiger partial charge in [0.1, 0.15) is 5.82 Å². The van der Waals surface area contributed by atoms with Crippen molar-refractivity contribution in [3.8, 4) is 5.69 Å². The number of nitrogens with zero attached hydrogens (tertiary/aromatic N) is 2. The van der Waals surface area contributed by atoms with Gasteiger partial charge < -0.3 is 11.1 Å². The van der Waals surface area contributed by atoms with E-state index in [4.69, 9.17) is 5.73 Å². The highest BCUT2D eigenvalue weighted by atomic mass is 16.1. The predicted molar refractivity (Wildman–Crippen MR) is 119 cm³/mol. The van der Waals surface area contributed by atoms with Gasteiger partial charge in [0, 0.05) is 17.8 Å². The minimum atomic E-state index is -0.0451. The Morgan fingerprint density at radius 1 is 1.07 bits per heavy atom. The molecule has 1 heterocycles. The molecule has 28 heavy (non-hydrogen) atoms. The Hall–Kier alpha value is -2.66. The van der Waals surface area contributed by atoms with Crippen molar-refractivity contribution in [3.63, 3.8) is 0 Å². The van der Waals surface area contributed by atoms with Crippen LogP contribution in [0.15, 0.2) is 48.5 Å². The van der Waals surface area contributed by atoms with E-state index in [-0.39, 0.29) is 5.91 Å². The van der Waals surface area contributed by atoms with E-state index in [2.05, 4.69) is 21.8 Å². The quantitative estimate of drug-likeness (QED) is 0.662. The number of hydrogen-bond donors (Lipinski definition) is 2. The molecule has 3 N–H and O–H groups in total. The highest BCUT2D eigenvalue weighted by molar-refractivity contribution is 5.94. The zero-order valence-electron chi connectivity index (χ0n) is 17.8. The number of imidazole rings is 1. The lowest BCUT2D eigenvalue weighted by Gasteiger charge is -2.08. The van der Waals surface area contributed by atoms with Crippen LogP contribution in [0.4, 0.5) is 0 Å². The first-order valence-electron chi connectivity index (χ1n) is 10.1. The number of fused-ring (bicyclic) bond motifs is 1. The number of carbonyl (C=O) groups excluding carboxylic acids is 1. The van der Waals surface area contributed by atoms with Crippen molar-refractivity contribution in [1.29, 1.82) is 0 Å². The number of amides is 1. The van der Waals surface area contributed by atoms with E-state index >= 15 is 0 Å². The van der Waals surface area contributed by atoms with E-state index in [1.807, 2.05) is 76.2 Å². The first-order valence-corrected chi connectivity index (χ1v) is 10.1. The highest BCUT2D eigenvalue weighted by Gasteiger charge is 2.09. The van der Waals surface area contributed by atoms with Gasteiger partial charge >= 0.3 is 0 Å². The van der Waals surface area contributed by atoms with Gasteiger partial charge in [-0.3, -0.25) is 9.36 Å². The monoisotopic (exact) mass is 382 g/mol. The van der Waals surface area contributed by atoms with E-state index in [1.165, 1.54) is 12.8 Å². The maximum Gasteiger partial charge on any atom is 0.251 e. The topological polar surface area (TPSA) is 72.9 Å². The molecule has 0 bridgehead atoms. The van der Waals surface area contributed by atoms with Crippen molar-refractivity contribution >= 4 is 16.9 Å². The fourth-order valence-corrected chi connectivity index (χ4v) is 2.70. The number of unbranched alkanes of at least 4 members (excludes halogenated alkanes) is 1. The van der Waals surface area contributed by atoms with E-state index < -0.39 is 0 Å². The van der Waals surface area contributed by atoms with Crippen LogP contribution in [0.3, 0.4) is 0 Å². The number of hydrogen-bond acceptors (Lipinski definition) is 3. The molecule has 152 valence electrons. The smallest absolute Gasteiger partial charge is 0.251 e. The predicted octanol–water partition coefficient (Wildman–Crippen LogP) is 4.86. The van der Waals surface area contributed by atoms with Gasteiger partial charge in [0.25, 0.3) is 5.91 Å². The molecule has 0 aliphatic rings. The van der Waals surface area contributed by atoms with Crippen LogP contribution in [0, 0.1) is 6.92 Å². The summed E-state index contributed by atoms with van der Waals surface area (Å²) in [7, 11) is 0. The van der Waals surface area contributed by atoms with Crippen molar-refractivity contribution in [2.75, 3.05) is 13.1 Å². The van der Waals surface area contributed by atoms with Crippen molar-refractivity contribution < 1.29 is 4.79 Å². The number of nitrogens with two attached hydrogens (primary N) is 1. The molecule has 5 heteroatoms. The molecule has 5 nitrogen and oxygen atoms in total. The van der Waals surface area contributed by atoms with Crippen molar-refractivity contribution in [3.05, 3.63) is 59.9 Å². The highest BCUT2D eigenvalue weighted by Crippen LogP contribution is 2.21. The third kappa shape index (κ3) is 6.20. The van der Waals surface area contributed by atoms with Gasteiger partial charge in [-0.2, -0.15) is 0 Å². The second-order valence-electron chi connectivity index (χ2n) is 6.03. The number of aryl methyl sites for hydroxylation is 1. The van der Waals surface area contributed by atoms with Crippen LogP contribution < -0.4 is 11.1 Å². The van der Waals surface area contributed by atoms with Crippen LogP contribution >= 0.6 is 0 Å². The van der Waals surface area contributed by atoms with Crippen LogP contribution in [0.1, 0.15) is 56.7 Å². The van der Waals surface area contributed by atoms with Crippen molar-refractivity contribution in [1.82, 2.24) is 14.9 Å². The average molecular weight is 383 g/mol. The summed E-state index contributed by atoms with van der Waals surface area (Å²) in [6.45, 7) is 11.5. The molecular weight excluding hydrogens is 348 g/mol. The Morgan fingerprint density at radius 3 is 2.25 bits per heavy atom. The number of aromatic nitrogens is 2. The van der Waals surface area contributed by atoms with Gasteiger partial charge in [-0.15, -0.1) is 0 Å². The fourth-order valence-electron chi connectivity index (χ4n) is 2.70. The molecule has 0 saturated heterocycles. The first kappa shape index (κ1) is 23.4.